The van der Waals surface area contributed by atoms with E-state index in [1.807, 2.05) is 13.0 Å². The van der Waals surface area contributed by atoms with Gasteiger partial charge in [0.05, 0.1) is 72.2 Å². The number of carboxylic acids is 1. The summed E-state index contributed by atoms with van der Waals surface area (Å²) in [7, 11) is 1.72. The fraction of sp³-hybridized carbons (Fsp3) is 0.806. The van der Waals surface area contributed by atoms with Crippen LogP contribution in [0.4, 0.5) is 5.82 Å². The summed E-state index contributed by atoms with van der Waals surface area (Å²) < 4.78 is 13.0. The molecule has 83 heavy (non-hydrogen) atoms. The van der Waals surface area contributed by atoms with E-state index in [0.717, 1.165) is 43.6 Å². The number of H-pyrrole nitrogens is 2. The minimum atomic E-state index is -1.71. The number of fused-ring (bicyclic) bond motifs is 10. The fourth-order valence-corrected chi connectivity index (χ4v) is 23.0. The maximum atomic E-state index is 15.6. The third kappa shape index (κ3) is 7.54. The number of aliphatic hydroxyl groups excluding tert-OH is 8. The molecule has 458 valence electrons. The topological polar surface area (TPSA) is 354 Å². The van der Waals surface area contributed by atoms with Gasteiger partial charge in [-0.25, -0.2) is 9.97 Å². The molecule has 2 bridgehead atoms. The number of anilines is 1. The Kier molecular flexibility index (Phi) is 14.1. The number of nitrogens with one attached hydrogen (secondary N) is 5. The van der Waals surface area contributed by atoms with Crippen molar-refractivity contribution in [3.8, 4) is 0 Å². The second-order valence-electron chi connectivity index (χ2n) is 29.4. The molecule has 8 aliphatic carbocycles. The number of aromatic amines is 2. The molecule has 21 heteroatoms. The van der Waals surface area contributed by atoms with Crippen LogP contribution in [0.25, 0.3) is 0 Å². The zero-order valence-corrected chi connectivity index (χ0v) is 48.8. The lowest BCUT2D eigenvalue weighted by Crippen LogP contribution is -2.77. The van der Waals surface area contributed by atoms with Crippen LogP contribution in [0.1, 0.15) is 116 Å². The van der Waals surface area contributed by atoms with Crippen molar-refractivity contribution in [1.82, 2.24) is 30.6 Å². The standard InChI is InChI=1S/C62H92N8O13/c1-55(26-71)17-18-61(54(80)81)35(21-55)33-19-30-9-8-14-60(58(33,4)34-20-37-51(69-29-67-37)66-23-36(34)61)15-11-39-56(2,27-72)49(83-52-45(76)43(74)38(73)25-82-52)44(75)41(57(39,3)46(30)60)31-10-16-62(40-24-65-28-68-40,48(77)32(22-64-5)50(63)78)47-42(31)59(53(79)70-47)12-6-7-13-59/h10,16,19,24,28-32,34-36,38-39,41-50,52,64,66,71-78H,6-9,11-15,17-18,20-23,25-27,63H2,1-5H3,(H,65,68)(H,67,69)(H,70,79)(H,80,81)/t30-,31+,32+,34+,35+,36+,38-,39-,41+,42+,43+,44-,45-,46-,47+,48+,49-,50+,52+,55+,56+,57-,58+,60+,61-,62-/m1/s1. The van der Waals surface area contributed by atoms with Crippen molar-refractivity contribution in [2.24, 2.45) is 103 Å². The Balaban J connectivity index is 1.06. The van der Waals surface area contributed by atoms with E-state index in [4.69, 9.17) is 20.2 Å². The summed E-state index contributed by atoms with van der Waals surface area (Å²) in [5.41, 5.74) is 1.62. The number of hydrogen-bond donors (Lipinski definition) is 15. The van der Waals surface area contributed by atoms with E-state index in [9.17, 15) is 50.8 Å². The molecule has 11 aliphatic rings. The molecule has 0 aromatic carbocycles. The highest BCUT2D eigenvalue weighted by molar-refractivity contribution is 5.87. The van der Waals surface area contributed by atoms with Crippen LogP contribution in [0.2, 0.25) is 0 Å². The summed E-state index contributed by atoms with van der Waals surface area (Å²) in [6.45, 7) is 8.53. The summed E-state index contributed by atoms with van der Waals surface area (Å²) in [4.78, 5) is 46.3. The maximum Gasteiger partial charge on any atom is 0.310 e. The molecular formula is C62H92N8O13. The summed E-state index contributed by atoms with van der Waals surface area (Å²) in [6, 6.07) is -0.832. The summed E-state index contributed by atoms with van der Waals surface area (Å²) in [5.74, 6) is -4.81. The van der Waals surface area contributed by atoms with Gasteiger partial charge in [-0.2, -0.15) is 0 Å². The lowest BCUT2D eigenvalue weighted by molar-refractivity contribution is -0.350. The van der Waals surface area contributed by atoms with Crippen molar-refractivity contribution >= 4 is 17.7 Å². The quantitative estimate of drug-likeness (QED) is 0.0822. The highest BCUT2D eigenvalue weighted by Gasteiger charge is 2.81. The van der Waals surface area contributed by atoms with Gasteiger partial charge in [0.25, 0.3) is 0 Å². The first-order chi connectivity index (χ1) is 39.5. The third-order valence-electron chi connectivity index (χ3n) is 26.5. The van der Waals surface area contributed by atoms with Gasteiger partial charge >= 0.3 is 5.97 Å². The zero-order chi connectivity index (χ0) is 58.8. The number of aromatic nitrogens is 4. The van der Waals surface area contributed by atoms with Gasteiger partial charge in [0.2, 0.25) is 5.91 Å². The number of amides is 1. The van der Waals surface area contributed by atoms with E-state index in [0.29, 0.717) is 63.6 Å². The molecule has 16 N–H and O–H groups in total. The number of allylic oxidation sites excluding steroid dienone is 3. The zero-order valence-electron chi connectivity index (χ0n) is 48.8. The highest BCUT2D eigenvalue weighted by atomic mass is 16.7. The minimum Gasteiger partial charge on any atom is -0.481 e. The number of aliphatic hydroxyl groups is 8. The van der Waals surface area contributed by atoms with Gasteiger partial charge in [0.1, 0.15) is 30.4 Å². The van der Waals surface area contributed by atoms with Crippen molar-refractivity contribution in [2.45, 2.75) is 172 Å². The molecule has 21 nitrogen and oxygen atoms in total. The van der Waals surface area contributed by atoms with Crippen LogP contribution in [0.5, 0.6) is 0 Å². The van der Waals surface area contributed by atoms with Gasteiger partial charge in [-0.3, -0.25) is 9.59 Å². The molecule has 2 aromatic heterocycles. The van der Waals surface area contributed by atoms with Gasteiger partial charge in [0.15, 0.2) is 6.29 Å². The fourth-order valence-electron chi connectivity index (χ4n) is 23.0. The first kappa shape index (κ1) is 58.2. The van der Waals surface area contributed by atoms with Crippen LogP contribution in [0, 0.1) is 97.1 Å². The number of hydrogen-bond acceptors (Lipinski definition) is 17. The van der Waals surface area contributed by atoms with Gasteiger partial charge in [0, 0.05) is 48.8 Å². The van der Waals surface area contributed by atoms with E-state index in [1.54, 1.807) is 19.6 Å². The van der Waals surface area contributed by atoms with E-state index in [1.165, 1.54) is 11.9 Å². The summed E-state index contributed by atoms with van der Waals surface area (Å²) in [6.07, 6.45) is 8.21. The Bertz CT molecular complexity index is 2870. The van der Waals surface area contributed by atoms with Gasteiger partial charge < -0.3 is 87.1 Å². The number of nitrogens with zero attached hydrogens (tertiary/aromatic N) is 2. The molecule has 13 rings (SSSR count). The summed E-state index contributed by atoms with van der Waals surface area (Å²) in [5, 5.41) is 118. The average molecular weight is 1160 g/mol. The summed E-state index contributed by atoms with van der Waals surface area (Å²) >= 11 is 0. The SMILES string of the molecule is CNC[C@H]([C@@H](N)O)[C@H](O)[C@@]1(c2cnc[nH]2)C=C[C@@H]([C@H]2[C@@H](O)[C@@H](O[C@@H]3OC[C@@H](O)[C@H](O)[C@H]3O)[C@@](C)(CO)[C@H]3CC[C@]45CCC[C@H](C=C6[C@@H]7C[C@@](C)(CO)CC[C@]7(C(=O)O)[C@H]7CNc8nc[nH]c8C[C@@H]7[C@]64C)[C@@H]5[C@@]23C)[C@H]2[C@@H]1NC(=O)C21CCCC1. The van der Waals surface area contributed by atoms with Gasteiger partial charge in [-0.05, 0) is 140 Å². The van der Waals surface area contributed by atoms with Crippen LogP contribution in [0.15, 0.2) is 42.7 Å². The van der Waals surface area contributed by atoms with E-state index < -0.39 is 147 Å². The maximum absolute atomic E-state index is 15.6. The number of nitrogens with two attached hydrogens (primary N) is 1. The molecule has 26 atom stereocenters. The average Bonchev–Trinajstić information content (AvgIpc) is 1.43. The van der Waals surface area contributed by atoms with Gasteiger partial charge in [-0.15, -0.1) is 0 Å². The molecule has 8 fully saturated rings. The normalized spacial score (nSPS) is 49.4. The van der Waals surface area contributed by atoms with Gasteiger partial charge in [-0.1, -0.05) is 70.8 Å². The number of rotatable bonds is 12. The van der Waals surface area contributed by atoms with Crippen LogP contribution in [-0.2, 0) is 30.9 Å². The molecule has 6 saturated carbocycles. The van der Waals surface area contributed by atoms with E-state index in [-0.39, 0.29) is 49.3 Å². The molecule has 3 aliphatic heterocycles. The molecule has 1 spiro atoms. The van der Waals surface area contributed by atoms with E-state index >= 15 is 4.79 Å². The first-order valence-corrected chi connectivity index (χ1v) is 31.2. The Hall–Kier alpha value is -3.84. The number of carbonyl (C=O) groups excluding carboxylic acids is 1. The monoisotopic (exact) mass is 1160 g/mol. The number of aliphatic carboxylic acids is 1. The Morgan fingerprint density at radius 2 is 1.70 bits per heavy atom. The lowest BCUT2D eigenvalue weighted by atomic mass is 9.25. The molecule has 2 aromatic rings. The number of carbonyl (C=O) groups is 2. The second kappa shape index (κ2) is 20.1. The first-order valence-electron chi connectivity index (χ1n) is 31.2. The molecule has 0 unspecified atom stereocenters. The van der Waals surface area contributed by atoms with Crippen LogP contribution < -0.4 is 21.7 Å². The smallest absolute Gasteiger partial charge is 0.310 e. The predicted octanol–water partition coefficient (Wildman–Crippen LogP) is 2.07. The van der Waals surface area contributed by atoms with Crippen molar-refractivity contribution in [1.29, 1.82) is 0 Å². The Morgan fingerprint density at radius 1 is 0.928 bits per heavy atom. The third-order valence-corrected chi connectivity index (χ3v) is 26.5. The molecule has 2 saturated heterocycles. The van der Waals surface area contributed by atoms with Crippen molar-refractivity contribution in [3.05, 3.63) is 54.0 Å². The largest absolute Gasteiger partial charge is 0.481 e. The number of ether oxygens (including phenoxy) is 2. The molecule has 1 amide bonds. The van der Waals surface area contributed by atoms with Crippen LogP contribution in [-0.4, -0.2) is 173 Å². The predicted molar refractivity (Wildman–Crippen MR) is 301 cm³/mol. The molecule has 0 radical (unpaired) electrons. The molecular weight excluding hydrogens is 1060 g/mol. The Morgan fingerprint density at radius 3 is 2.39 bits per heavy atom. The highest BCUT2D eigenvalue weighted by Crippen LogP contribution is 2.83. The van der Waals surface area contributed by atoms with Crippen molar-refractivity contribution in [2.75, 3.05) is 45.3 Å². The number of carboxylic acid groups (broad SMARTS) is 1. The van der Waals surface area contributed by atoms with Crippen LogP contribution >= 0.6 is 0 Å². The Labute approximate surface area is 485 Å². The van der Waals surface area contributed by atoms with Crippen molar-refractivity contribution < 1.29 is 65.0 Å². The van der Waals surface area contributed by atoms with Crippen LogP contribution in [0.3, 0.4) is 0 Å². The second-order valence-corrected chi connectivity index (χ2v) is 29.4. The number of imidazole rings is 2. The minimum absolute atomic E-state index is 0.0659. The lowest BCUT2D eigenvalue weighted by Gasteiger charge is -2.78. The molecule has 5 heterocycles. The van der Waals surface area contributed by atoms with Crippen molar-refractivity contribution in [3.63, 3.8) is 0 Å². The van der Waals surface area contributed by atoms with E-state index in [2.05, 4.69) is 63.8 Å².